The van der Waals surface area contributed by atoms with Crippen LogP contribution in [-0.2, 0) is 0 Å². The maximum Gasteiger partial charge on any atom is 0.00414 e. The third kappa shape index (κ3) is 6.09. The van der Waals surface area contributed by atoms with Crippen molar-refractivity contribution in [1.82, 2.24) is 0 Å². The summed E-state index contributed by atoms with van der Waals surface area (Å²) in [5.74, 6) is 0. The minimum absolute atomic E-state index is 0.413. The van der Waals surface area contributed by atoms with Crippen molar-refractivity contribution in [3.63, 3.8) is 0 Å². The molecule has 0 heterocycles. The maximum atomic E-state index is 5.79. The molecular weight excluding hydrogens is 122 g/mol. The van der Waals surface area contributed by atoms with Crippen molar-refractivity contribution in [2.75, 3.05) is 0 Å². The van der Waals surface area contributed by atoms with Crippen molar-refractivity contribution in [2.45, 2.75) is 52.0 Å². The first-order chi connectivity index (χ1) is 4.81. The Balaban J connectivity index is 2.97. The molecule has 2 N–H and O–H groups in total. The smallest absolute Gasteiger partial charge is 0.00414 e. The van der Waals surface area contributed by atoms with Gasteiger partial charge < -0.3 is 5.73 Å². The SMILES string of the molecule is C[CH]C[C@H](N)CCCCC. The molecule has 0 saturated heterocycles. The molecular formula is C9H20N. The average Bonchev–Trinajstić information content (AvgIpc) is 1.89. The van der Waals surface area contributed by atoms with Gasteiger partial charge >= 0.3 is 0 Å². The zero-order valence-electron chi connectivity index (χ0n) is 7.27. The van der Waals surface area contributed by atoms with Crippen LogP contribution in [0.25, 0.3) is 0 Å². The van der Waals surface area contributed by atoms with E-state index in [1.165, 1.54) is 25.7 Å². The van der Waals surface area contributed by atoms with Gasteiger partial charge in [0.05, 0.1) is 0 Å². The summed E-state index contributed by atoms with van der Waals surface area (Å²) in [6, 6.07) is 0.413. The van der Waals surface area contributed by atoms with Gasteiger partial charge in [0.1, 0.15) is 0 Å². The lowest BCUT2D eigenvalue weighted by molar-refractivity contribution is 0.554. The predicted octanol–water partition coefficient (Wildman–Crippen LogP) is 2.51. The monoisotopic (exact) mass is 142 g/mol. The maximum absolute atomic E-state index is 5.79. The molecule has 61 valence electrons. The standard InChI is InChI=1S/C9H20N/c1-3-5-6-8-9(10)7-4-2/h4,9H,3,5-8,10H2,1-2H3/t9-/m0/s1. The first kappa shape index (κ1) is 9.96. The van der Waals surface area contributed by atoms with E-state index >= 15 is 0 Å². The summed E-state index contributed by atoms with van der Waals surface area (Å²) >= 11 is 0. The number of unbranched alkanes of at least 4 members (excludes halogenated alkanes) is 2. The van der Waals surface area contributed by atoms with Crippen molar-refractivity contribution in [2.24, 2.45) is 5.73 Å². The van der Waals surface area contributed by atoms with Gasteiger partial charge in [-0.1, -0.05) is 33.1 Å². The van der Waals surface area contributed by atoms with E-state index in [1.54, 1.807) is 0 Å². The van der Waals surface area contributed by atoms with E-state index in [0.717, 1.165) is 6.42 Å². The molecule has 0 aromatic carbocycles. The number of hydrogen-bond donors (Lipinski definition) is 1. The van der Waals surface area contributed by atoms with Gasteiger partial charge in [0, 0.05) is 6.04 Å². The molecule has 0 rings (SSSR count). The Morgan fingerprint density at radius 1 is 1.40 bits per heavy atom. The topological polar surface area (TPSA) is 26.0 Å². The van der Waals surface area contributed by atoms with E-state index in [0.29, 0.717) is 6.04 Å². The Labute approximate surface area is 65.0 Å². The quantitative estimate of drug-likeness (QED) is 0.566. The Kier molecular flexibility index (Phi) is 7.04. The van der Waals surface area contributed by atoms with Crippen LogP contribution < -0.4 is 5.73 Å². The molecule has 10 heavy (non-hydrogen) atoms. The molecule has 1 radical (unpaired) electrons. The van der Waals surface area contributed by atoms with Crippen LogP contribution in [0.1, 0.15) is 46.0 Å². The highest BCUT2D eigenvalue weighted by Crippen LogP contribution is 2.04. The molecule has 0 aliphatic carbocycles. The van der Waals surface area contributed by atoms with Crippen molar-refractivity contribution in [1.29, 1.82) is 0 Å². The molecule has 0 amide bonds. The van der Waals surface area contributed by atoms with Crippen molar-refractivity contribution in [3.05, 3.63) is 6.42 Å². The van der Waals surface area contributed by atoms with Gasteiger partial charge in [-0.25, -0.2) is 0 Å². The fraction of sp³-hybridized carbons (Fsp3) is 0.889. The summed E-state index contributed by atoms with van der Waals surface area (Å²) in [6.07, 6.45) is 8.34. The predicted molar refractivity (Wildman–Crippen MR) is 46.7 cm³/mol. The Hall–Kier alpha value is -0.0400. The molecule has 1 nitrogen and oxygen atoms in total. The van der Waals surface area contributed by atoms with Crippen LogP contribution in [0.2, 0.25) is 0 Å². The summed E-state index contributed by atoms with van der Waals surface area (Å²) in [4.78, 5) is 0. The van der Waals surface area contributed by atoms with Gasteiger partial charge in [0.15, 0.2) is 0 Å². The van der Waals surface area contributed by atoms with Crippen molar-refractivity contribution < 1.29 is 0 Å². The molecule has 0 fully saturated rings. The molecule has 0 aliphatic heterocycles. The minimum atomic E-state index is 0.413. The van der Waals surface area contributed by atoms with Crippen LogP contribution in [0.15, 0.2) is 0 Å². The highest BCUT2D eigenvalue weighted by Gasteiger charge is 1.98. The van der Waals surface area contributed by atoms with Crippen LogP contribution in [-0.4, -0.2) is 6.04 Å². The summed E-state index contributed by atoms with van der Waals surface area (Å²) < 4.78 is 0. The Morgan fingerprint density at radius 2 is 2.10 bits per heavy atom. The highest BCUT2D eigenvalue weighted by molar-refractivity contribution is 4.68. The van der Waals surface area contributed by atoms with Crippen molar-refractivity contribution in [3.8, 4) is 0 Å². The third-order valence-electron chi connectivity index (χ3n) is 1.72. The summed E-state index contributed by atoms with van der Waals surface area (Å²) in [5, 5.41) is 0. The van der Waals surface area contributed by atoms with Gasteiger partial charge in [-0.3, -0.25) is 0 Å². The van der Waals surface area contributed by atoms with E-state index in [4.69, 9.17) is 5.73 Å². The molecule has 0 aromatic rings. The zero-order valence-corrected chi connectivity index (χ0v) is 7.27. The van der Waals surface area contributed by atoms with Crippen LogP contribution in [0.4, 0.5) is 0 Å². The van der Waals surface area contributed by atoms with Crippen LogP contribution in [0, 0.1) is 6.42 Å². The largest absolute Gasteiger partial charge is 0.328 e. The first-order valence-electron chi connectivity index (χ1n) is 4.34. The summed E-state index contributed by atoms with van der Waals surface area (Å²) in [7, 11) is 0. The van der Waals surface area contributed by atoms with E-state index in [1.807, 2.05) is 0 Å². The number of nitrogens with two attached hydrogens (primary N) is 1. The second kappa shape index (κ2) is 7.07. The summed E-state index contributed by atoms with van der Waals surface area (Å²) in [6.45, 7) is 4.29. The van der Waals surface area contributed by atoms with Crippen LogP contribution >= 0.6 is 0 Å². The molecule has 0 bridgehead atoms. The zero-order chi connectivity index (χ0) is 7.82. The normalized spacial score (nSPS) is 13.5. The molecule has 0 saturated carbocycles. The Morgan fingerprint density at radius 3 is 2.60 bits per heavy atom. The molecule has 1 heteroatoms. The lowest BCUT2D eigenvalue weighted by Gasteiger charge is -2.08. The fourth-order valence-electron chi connectivity index (χ4n) is 1.08. The van der Waals surface area contributed by atoms with Crippen LogP contribution in [0.3, 0.4) is 0 Å². The van der Waals surface area contributed by atoms with Gasteiger partial charge in [-0.15, -0.1) is 0 Å². The van der Waals surface area contributed by atoms with E-state index in [-0.39, 0.29) is 0 Å². The van der Waals surface area contributed by atoms with Crippen molar-refractivity contribution >= 4 is 0 Å². The van der Waals surface area contributed by atoms with Crippen LogP contribution in [0.5, 0.6) is 0 Å². The van der Waals surface area contributed by atoms with Gasteiger partial charge in [-0.2, -0.15) is 0 Å². The molecule has 0 aromatic heterocycles. The van der Waals surface area contributed by atoms with Gasteiger partial charge in [0.2, 0.25) is 0 Å². The van der Waals surface area contributed by atoms with Gasteiger partial charge in [0.25, 0.3) is 0 Å². The summed E-state index contributed by atoms with van der Waals surface area (Å²) in [5.41, 5.74) is 5.79. The Bertz CT molecular complexity index is 61.7. The lowest BCUT2D eigenvalue weighted by atomic mass is 10.1. The van der Waals surface area contributed by atoms with E-state index in [2.05, 4.69) is 20.3 Å². The molecule has 0 aliphatic rings. The second-order valence-electron chi connectivity index (χ2n) is 2.90. The lowest BCUT2D eigenvalue weighted by Crippen LogP contribution is -2.19. The van der Waals surface area contributed by atoms with E-state index < -0.39 is 0 Å². The number of hydrogen-bond acceptors (Lipinski definition) is 1. The second-order valence-corrected chi connectivity index (χ2v) is 2.90. The number of rotatable bonds is 6. The molecule has 0 unspecified atom stereocenters. The highest BCUT2D eigenvalue weighted by atomic mass is 14.6. The molecule has 1 atom stereocenters. The first-order valence-corrected chi connectivity index (χ1v) is 4.34. The molecule has 0 spiro atoms. The van der Waals surface area contributed by atoms with E-state index in [9.17, 15) is 0 Å². The van der Waals surface area contributed by atoms with Gasteiger partial charge in [-0.05, 0) is 19.3 Å². The third-order valence-corrected chi connectivity index (χ3v) is 1.72. The average molecular weight is 142 g/mol. The minimum Gasteiger partial charge on any atom is -0.328 e. The fourth-order valence-corrected chi connectivity index (χ4v) is 1.08.